The second-order valence-electron chi connectivity index (χ2n) is 6.72. The van der Waals surface area contributed by atoms with Crippen LogP contribution in [0.25, 0.3) is 0 Å². The van der Waals surface area contributed by atoms with Gasteiger partial charge in [-0.3, -0.25) is 0 Å². The minimum absolute atomic E-state index is 0.0481. The smallest absolute Gasteiger partial charge is 0.317 e. The Hall–Kier alpha value is -0.860. The molecule has 3 fully saturated rings. The summed E-state index contributed by atoms with van der Waals surface area (Å²) in [6.45, 7) is 2.60. The zero-order chi connectivity index (χ0) is 16.3. The van der Waals surface area contributed by atoms with E-state index in [1.54, 1.807) is 4.90 Å². The Balaban J connectivity index is 1.57. The number of nitrogens with zero attached hydrogens (tertiary/aromatic N) is 1. The Bertz CT molecular complexity index is 494. The normalized spacial score (nSPS) is 33.0. The van der Waals surface area contributed by atoms with E-state index >= 15 is 0 Å². The van der Waals surface area contributed by atoms with E-state index < -0.39 is 9.84 Å². The van der Waals surface area contributed by atoms with Crippen LogP contribution in [0.4, 0.5) is 4.79 Å². The van der Waals surface area contributed by atoms with Gasteiger partial charge in [0.25, 0.3) is 0 Å². The number of carbonyl (C=O) groups excluding carboxylic acids is 1. The van der Waals surface area contributed by atoms with Crippen LogP contribution in [-0.2, 0) is 19.3 Å². The molecule has 0 aromatic heterocycles. The third kappa shape index (κ3) is 4.81. The number of hydrogen-bond donors (Lipinski definition) is 1. The Kier molecular flexibility index (Phi) is 5.43. The topological polar surface area (TPSA) is 84.9 Å². The standard InChI is InChI=1S/C15H26N2O5S/c18-15(16-12-5-8-23(19,20)11-12)17(9-13-3-1-6-21-13)10-14-4-2-7-22-14/h12-14H,1-11H2,(H,16,18)/t12-,13-,14+/m1/s1. The lowest BCUT2D eigenvalue weighted by atomic mass is 10.2. The van der Waals surface area contributed by atoms with Gasteiger partial charge in [0.2, 0.25) is 0 Å². The van der Waals surface area contributed by atoms with E-state index in [0.717, 1.165) is 38.9 Å². The highest BCUT2D eigenvalue weighted by atomic mass is 32.2. The first-order chi connectivity index (χ1) is 11.0. The van der Waals surface area contributed by atoms with Gasteiger partial charge in [-0.1, -0.05) is 0 Å². The molecule has 2 amide bonds. The van der Waals surface area contributed by atoms with Gasteiger partial charge in [0.15, 0.2) is 9.84 Å². The fourth-order valence-electron chi connectivity index (χ4n) is 3.48. The number of rotatable bonds is 5. The van der Waals surface area contributed by atoms with Crippen LogP contribution in [0.5, 0.6) is 0 Å². The summed E-state index contributed by atoms with van der Waals surface area (Å²) < 4.78 is 34.4. The van der Waals surface area contributed by atoms with Crippen LogP contribution in [0, 0.1) is 0 Å². The highest BCUT2D eigenvalue weighted by Crippen LogP contribution is 2.18. The Labute approximate surface area is 137 Å². The van der Waals surface area contributed by atoms with E-state index in [1.807, 2.05) is 0 Å². The monoisotopic (exact) mass is 346 g/mol. The summed E-state index contributed by atoms with van der Waals surface area (Å²) in [4.78, 5) is 14.3. The Morgan fingerprint density at radius 3 is 2.09 bits per heavy atom. The van der Waals surface area contributed by atoms with Crippen molar-refractivity contribution in [2.24, 2.45) is 0 Å². The number of hydrogen-bond acceptors (Lipinski definition) is 5. The Morgan fingerprint density at radius 1 is 1.04 bits per heavy atom. The van der Waals surface area contributed by atoms with Gasteiger partial charge in [-0.25, -0.2) is 13.2 Å². The number of ether oxygens (including phenoxy) is 2. The van der Waals surface area contributed by atoms with Gasteiger partial charge in [-0.05, 0) is 32.1 Å². The van der Waals surface area contributed by atoms with Gasteiger partial charge in [0.1, 0.15) is 0 Å². The number of carbonyl (C=O) groups is 1. The molecule has 8 heteroatoms. The average Bonchev–Trinajstić information content (AvgIpc) is 3.21. The second-order valence-corrected chi connectivity index (χ2v) is 8.95. The van der Waals surface area contributed by atoms with Gasteiger partial charge in [-0.15, -0.1) is 0 Å². The van der Waals surface area contributed by atoms with Crippen LogP contribution in [0.15, 0.2) is 0 Å². The lowest BCUT2D eigenvalue weighted by Crippen LogP contribution is -2.50. The number of urea groups is 1. The van der Waals surface area contributed by atoms with Crippen LogP contribution >= 0.6 is 0 Å². The molecular weight excluding hydrogens is 320 g/mol. The minimum atomic E-state index is -2.99. The summed E-state index contributed by atoms with van der Waals surface area (Å²) in [5.41, 5.74) is 0. The van der Waals surface area contributed by atoms with E-state index in [0.29, 0.717) is 19.5 Å². The highest BCUT2D eigenvalue weighted by Gasteiger charge is 2.32. The first kappa shape index (κ1) is 17.0. The molecule has 0 aliphatic carbocycles. The van der Waals surface area contributed by atoms with Crippen LogP contribution in [0.1, 0.15) is 32.1 Å². The van der Waals surface area contributed by atoms with Gasteiger partial charge in [0.05, 0.1) is 23.7 Å². The summed E-state index contributed by atoms with van der Waals surface area (Å²) >= 11 is 0. The summed E-state index contributed by atoms with van der Waals surface area (Å²) in [5.74, 6) is 0.210. The molecule has 132 valence electrons. The molecule has 0 saturated carbocycles. The summed E-state index contributed by atoms with van der Waals surface area (Å²) in [6.07, 6.45) is 4.65. The van der Waals surface area contributed by atoms with Gasteiger partial charge >= 0.3 is 6.03 Å². The van der Waals surface area contributed by atoms with Gasteiger partial charge < -0.3 is 19.7 Å². The van der Waals surface area contributed by atoms with E-state index in [1.165, 1.54) is 0 Å². The third-order valence-corrected chi connectivity index (χ3v) is 6.51. The molecule has 3 aliphatic rings. The van der Waals surface area contributed by atoms with E-state index in [9.17, 15) is 13.2 Å². The first-order valence-electron chi connectivity index (χ1n) is 8.51. The summed E-state index contributed by atoms with van der Waals surface area (Å²) in [6, 6.07) is -0.470. The highest BCUT2D eigenvalue weighted by molar-refractivity contribution is 7.91. The minimum Gasteiger partial charge on any atom is -0.376 e. The van der Waals surface area contributed by atoms with Crippen molar-refractivity contribution < 1.29 is 22.7 Å². The second kappa shape index (κ2) is 7.36. The molecule has 0 aromatic rings. The lowest BCUT2D eigenvalue weighted by Gasteiger charge is -2.29. The molecule has 0 unspecified atom stereocenters. The quantitative estimate of drug-likeness (QED) is 0.785. The van der Waals surface area contributed by atoms with Crippen molar-refractivity contribution in [1.82, 2.24) is 10.2 Å². The predicted octanol–water partition coefficient (Wildman–Crippen LogP) is 0.543. The lowest BCUT2D eigenvalue weighted by molar-refractivity contribution is 0.0494. The maximum Gasteiger partial charge on any atom is 0.317 e. The molecule has 23 heavy (non-hydrogen) atoms. The van der Waals surface area contributed by atoms with Crippen molar-refractivity contribution in [2.75, 3.05) is 37.8 Å². The van der Waals surface area contributed by atoms with Crippen molar-refractivity contribution in [3.8, 4) is 0 Å². The summed E-state index contributed by atoms with van der Waals surface area (Å²) in [7, 11) is -2.99. The zero-order valence-electron chi connectivity index (χ0n) is 13.4. The molecule has 3 atom stereocenters. The maximum atomic E-state index is 12.6. The van der Waals surface area contributed by atoms with E-state index in [2.05, 4.69) is 5.32 Å². The molecule has 3 rings (SSSR count). The number of nitrogens with one attached hydrogen (secondary N) is 1. The van der Waals surface area contributed by atoms with Crippen molar-refractivity contribution >= 4 is 15.9 Å². The average molecular weight is 346 g/mol. The molecule has 3 aliphatic heterocycles. The van der Waals surface area contributed by atoms with Crippen LogP contribution in [-0.4, -0.2) is 75.4 Å². The molecule has 1 N–H and O–H groups in total. The van der Waals surface area contributed by atoms with Crippen LogP contribution in [0.3, 0.4) is 0 Å². The van der Waals surface area contributed by atoms with Gasteiger partial charge in [-0.2, -0.15) is 0 Å². The predicted molar refractivity (Wildman–Crippen MR) is 85.1 cm³/mol. The number of amides is 2. The van der Waals surface area contributed by atoms with E-state index in [-0.39, 0.29) is 35.8 Å². The maximum absolute atomic E-state index is 12.6. The van der Waals surface area contributed by atoms with Crippen molar-refractivity contribution in [3.63, 3.8) is 0 Å². The van der Waals surface area contributed by atoms with Crippen molar-refractivity contribution in [2.45, 2.75) is 50.4 Å². The molecule has 3 saturated heterocycles. The first-order valence-corrected chi connectivity index (χ1v) is 10.3. The van der Waals surface area contributed by atoms with Gasteiger partial charge in [0, 0.05) is 32.3 Å². The SMILES string of the molecule is O=C(N[C@@H]1CCS(=O)(=O)C1)N(C[C@H]1CCCO1)C[C@@H]1CCCO1. The molecule has 0 spiro atoms. The van der Waals surface area contributed by atoms with Crippen molar-refractivity contribution in [1.29, 1.82) is 0 Å². The Morgan fingerprint density at radius 2 is 1.65 bits per heavy atom. The fourth-order valence-corrected chi connectivity index (χ4v) is 5.16. The molecule has 7 nitrogen and oxygen atoms in total. The largest absolute Gasteiger partial charge is 0.376 e. The molecule has 0 bridgehead atoms. The molecule has 0 aromatic carbocycles. The summed E-state index contributed by atoms with van der Waals surface area (Å²) in [5, 5.41) is 2.88. The van der Waals surface area contributed by atoms with Crippen LogP contribution in [0.2, 0.25) is 0 Å². The molecule has 0 radical (unpaired) electrons. The third-order valence-electron chi connectivity index (χ3n) is 4.74. The van der Waals surface area contributed by atoms with Crippen molar-refractivity contribution in [3.05, 3.63) is 0 Å². The number of sulfone groups is 1. The van der Waals surface area contributed by atoms with Crippen LogP contribution < -0.4 is 5.32 Å². The molecule has 3 heterocycles. The zero-order valence-corrected chi connectivity index (χ0v) is 14.2. The fraction of sp³-hybridized carbons (Fsp3) is 0.933. The molecular formula is C15H26N2O5S. The van der Waals surface area contributed by atoms with E-state index in [4.69, 9.17) is 9.47 Å².